The first kappa shape index (κ1) is 10.2. The van der Waals surface area contributed by atoms with Crippen LogP contribution in [0.2, 0.25) is 0 Å². The molecule has 0 aromatic heterocycles. The SMILES string of the molecule is C=C1SCCSC1(C)c1ccccc1. The second-order valence-electron chi connectivity index (χ2n) is 3.52. The Kier molecular flexibility index (Phi) is 2.93. The zero-order valence-electron chi connectivity index (χ0n) is 8.32. The Bertz CT molecular complexity index is 331. The highest BCUT2D eigenvalue weighted by molar-refractivity contribution is 8.09. The standard InChI is InChI=1S/C12H14S2/c1-10-12(2,14-9-8-13-10)11-6-4-3-5-7-11/h3-7H,1,8-9H2,2H3. The summed E-state index contributed by atoms with van der Waals surface area (Å²) in [5, 5.41) is 0. The van der Waals surface area contributed by atoms with Crippen molar-refractivity contribution in [2.75, 3.05) is 11.5 Å². The van der Waals surface area contributed by atoms with Gasteiger partial charge in [-0.05, 0) is 17.4 Å². The van der Waals surface area contributed by atoms with Gasteiger partial charge >= 0.3 is 0 Å². The van der Waals surface area contributed by atoms with E-state index in [0.29, 0.717) is 0 Å². The van der Waals surface area contributed by atoms with Crippen molar-refractivity contribution in [3.63, 3.8) is 0 Å². The van der Waals surface area contributed by atoms with E-state index < -0.39 is 0 Å². The van der Waals surface area contributed by atoms with Crippen LogP contribution in [0, 0.1) is 0 Å². The molecule has 0 N–H and O–H groups in total. The van der Waals surface area contributed by atoms with Gasteiger partial charge in [-0.1, -0.05) is 36.9 Å². The van der Waals surface area contributed by atoms with Gasteiger partial charge in [0.05, 0.1) is 4.75 Å². The Balaban J connectivity index is 2.35. The molecule has 74 valence electrons. The van der Waals surface area contributed by atoms with Crippen LogP contribution in [0.5, 0.6) is 0 Å². The molecule has 1 aliphatic heterocycles. The summed E-state index contributed by atoms with van der Waals surface area (Å²) in [7, 11) is 0. The maximum Gasteiger partial charge on any atom is 0.0681 e. The van der Waals surface area contributed by atoms with E-state index in [0.717, 1.165) is 0 Å². The van der Waals surface area contributed by atoms with E-state index in [-0.39, 0.29) is 4.75 Å². The molecule has 1 atom stereocenters. The van der Waals surface area contributed by atoms with E-state index in [1.807, 2.05) is 23.5 Å². The summed E-state index contributed by atoms with van der Waals surface area (Å²) in [6.45, 7) is 6.47. The molecule has 0 saturated carbocycles. The molecular formula is C12H14S2. The molecule has 1 heterocycles. The average molecular weight is 222 g/mol. The predicted octanol–water partition coefficient (Wildman–Crippen LogP) is 3.90. The maximum absolute atomic E-state index is 4.19. The first-order valence-corrected chi connectivity index (χ1v) is 6.72. The van der Waals surface area contributed by atoms with Gasteiger partial charge in [-0.15, -0.1) is 23.5 Å². The van der Waals surface area contributed by atoms with Gasteiger partial charge < -0.3 is 0 Å². The van der Waals surface area contributed by atoms with Crippen molar-refractivity contribution in [3.05, 3.63) is 47.4 Å². The molecule has 1 aliphatic rings. The van der Waals surface area contributed by atoms with Crippen LogP contribution in [-0.2, 0) is 4.75 Å². The molecule has 0 nitrogen and oxygen atoms in total. The molecule has 0 amide bonds. The van der Waals surface area contributed by atoms with Gasteiger partial charge in [0.2, 0.25) is 0 Å². The second-order valence-corrected chi connectivity index (χ2v) is 6.22. The highest BCUT2D eigenvalue weighted by Gasteiger charge is 2.33. The first-order chi connectivity index (χ1) is 6.73. The Morgan fingerprint density at radius 3 is 2.57 bits per heavy atom. The fourth-order valence-electron chi connectivity index (χ4n) is 1.63. The predicted molar refractivity (Wildman–Crippen MR) is 67.9 cm³/mol. The van der Waals surface area contributed by atoms with Gasteiger partial charge in [0.15, 0.2) is 0 Å². The van der Waals surface area contributed by atoms with Crippen LogP contribution in [0.1, 0.15) is 12.5 Å². The van der Waals surface area contributed by atoms with E-state index in [4.69, 9.17) is 0 Å². The number of hydrogen-bond donors (Lipinski definition) is 0. The zero-order valence-corrected chi connectivity index (χ0v) is 9.96. The Morgan fingerprint density at radius 2 is 1.93 bits per heavy atom. The molecule has 0 radical (unpaired) electrons. The lowest BCUT2D eigenvalue weighted by Gasteiger charge is -2.35. The topological polar surface area (TPSA) is 0 Å². The molecule has 1 aromatic carbocycles. The van der Waals surface area contributed by atoms with Crippen LogP contribution in [0.4, 0.5) is 0 Å². The summed E-state index contributed by atoms with van der Waals surface area (Å²) in [5.74, 6) is 2.42. The molecule has 1 unspecified atom stereocenters. The van der Waals surface area contributed by atoms with Crippen LogP contribution in [-0.4, -0.2) is 11.5 Å². The van der Waals surface area contributed by atoms with Gasteiger partial charge in [0.25, 0.3) is 0 Å². The van der Waals surface area contributed by atoms with Crippen LogP contribution in [0.15, 0.2) is 41.8 Å². The molecule has 1 fully saturated rings. The van der Waals surface area contributed by atoms with Crippen molar-refractivity contribution >= 4 is 23.5 Å². The molecule has 0 bridgehead atoms. The normalized spacial score (nSPS) is 27.6. The average Bonchev–Trinajstić information content (AvgIpc) is 2.24. The second kappa shape index (κ2) is 4.03. The van der Waals surface area contributed by atoms with E-state index in [1.54, 1.807) is 0 Å². The molecule has 1 aromatic rings. The molecule has 2 heteroatoms. The number of thioether (sulfide) groups is 2. The molecule has 14 heavy (non-hydrogen) atoms. The quantitative estimate of drug-likeness (QED) is 0.707. The van der Waals surface area contributed by atoms with Gasteiger partial charge in [-0.25, -0.2) is 0 Å². The molecule has 2 rings (SSSR count). The largest absolute Gasteiger partial charge is 0.144 e. The van der Waals surface area contributed by atoms with Crippen molar-refractivity contribution < 1.29 is 0 Å². The molecular weight excluding hydrogens is 208 g/mol. The fraction of sp³-hybridized carbons (Fsp3) is 0.333. The Morgan fingerprint density at radius 1 is 1.21 bits per heavy atom. The van der Waals surface area contributed by atoms with Crippen LogP contribution >= 0.6 is 23.5 Å². The number of hydrogen-bond acceptors (Lipinski definition) is 2. The highest BCUT2D eigenvalue weighted by Crippen LogP contribution is 2.49. The lowest BCUT2D eigenvalue weighted by molar-refractivity contribution is 0.862. The summed E-state index contributed by atoms with van der Waals surface area (Å²) >= 11 is 3.91. The summed E-state index contributed by atoms with van der Waals surface area (Å²) in [5.41, 5.74) is 1.38. The third-order valence-corrected chi connectivity index (χ3v) is 5.63. The number of rotatable bonds is 1. The first-order valence-electron chi connectivity index (χ1n) is 4.75. The third kappa shape index (κ3) is 1.73. The summed E-state index contributed by atoms with van der Waals surface area (Å²) < 4.78 is 0.115. The summed E-state index contributed by atoms with van der Waals surface area (Å²) in [6.07, 6.45) is 0. The molecule has 0 spiro atoms. The van der Waals surface area contributed by atoms with Gasteiger partial charge in [0.1, 0.15) is 0 Å². The smallest absolute Gasteiger partial charge is 0.0681 e. The van der Waals surface area contributed by atoms with Gasteiger partial charge in [-0.3, -0.25) is 0 Å². The Hall–Kier alpha value is -0.340. The van der Waals surface area contributed by atoms with Crippen LogP contribution in [0.3, 0.4) is 0 Å². The summed E-state index contributed by atoms with van der Waals surface area (Å²) in [6, 6.07) is 10.7. The van der Waals surface area contributed by atoms with Gasteiger partial charge in [0, 0.05) is 11.5 Å². The maximum atomic E-state index is 4.19. The van der Waals surface area contributed by atoms with E-state index in [9.17, 15) is 0 Å². The number of benzene rings is 1. The molecule has 1 saturated heterocycles. The lowest BCUT2D eigenvalue weighted by atomic mass is 10.0. The van der Waals surface area contributed by atoms with Crippen molar-refractivity contribution in [3.8, 4) is 0 Å². The minimum Gasteiger partial charge on any atom is -0.144 e. The zero-order chi connectivity index (χ0) is 10.0. The van der Waals surface area contributed by atoms with Gasteiger partial charge in [-0.2, -0.15) is 0 Å². The third-order valence-electron chi connectivity index (χ3n) is 2.61. The van der Waals surface area contributed by atoms with Crippen LogP contribution in [0.25, 0.3) is 0 Å². The van der Waals surface area contributed by atoms with Crippen molar-refractivity contribution in [1.29, 1.82) is 0 Å². The summed E-state index contributed by atoms with van der Waals surface area (Å²) in [4.78, 5) is 1.29. The Labute approximate surface area is 94.2 Å². The van der Waals surface area contributed by atoms with Crippen molar-refractivity contribution in [2.45, 2.75) is 11.7 Å². The van der Waals surface area contributed by atoms with Crippen molar-refractivity contribution in [1.82, 2.24) is 0 Å². The molecule has 0 aliphatic carbocycles. The monoisotopic (exact) mass is 222 g/mol. The van der Waals surface area contributed by atoms with E-state index in [2.05, 4.69) is 43.8 Å². The lowest BCUT2D eigenvalue weighted by Crippen LogP contribution is -2.23. The van der Waals surface area contributed by atoms with Crippen molar-refractivity contribution in [2.24, 2.45) is 0 Å². The minimum atomic E-state index is 0.115. The van der Waals surface area contributed by atoms with Crippen LogP contribution < -0.4 is 0 Å². The van der Waals surface area contributed by atoms with E-state index >= 15 is 0 Å². The minimum absolute atomic E-state index is 0.115. The highest BCUT2D eigenvalue weighted by atomic mass is 32.2. The van der Waals surface area contributed by atoms with E-state index in [1.165, 1.54) is 22.0 Å². The fourth-order valence-corrected chi connectivity index (χ4v) is 4.16.